The first-order valence-corrected chi connectivity index (χ1v) is 5.10. The molecule has 1 aliphatic heterocycles. The standard InChI is InChI=1S/C11H13F2NO/c12-7-4-5-9(15)10(11(7)13)8-3-1-2-6-14-8/h4-5,8,14-15H,1-3,6H2. The number of nitrogens with one attached hydrogen (secondary N) is 1. The second-order valence-electron chi connectivity index (χ2n) is 3.80. The van der Waals surface area contributed by atoms with Gasteiger partial charge in [-0.05, 0) is 31.5 Å². The second kappa shape index (κ2) is 4.14. The molecule has 1 saturated heterocycles. The second-order valence-corrected chi connectivity index (χ2v) is 3.80. The van der Waals surface area contributed by atoms with Crippen LogP contribution in [0.15, 0.2) is 12.1 Å². The van der Waals surface area contributed by atoms with E-state index in [4.69, 9.17) is 0 Å². The SMILES string of the molecule is Oc1ccc(F)c(F)c1C1CCCCN1. The van der Waals surface area contributed by atoms with E-state index < -0.39 is 11.6 Å². The van der Waals surface area contributed by atoms with Crippen LogP contribution in [0.25, 0.3) is 0 Å². The summed E-state index contributed by atoms with van der Waals surface area (Å²) in [5.74, 6) is -2.02. The van der Waals surface area contributed by atoms with Crippen molar-refractivity contribution in [1.29, 1.82) is 0 Å². The van der Waals surface area contributed by atoms with Crippen molar-refractivity contribution in [3.05, 3.63) is 29.3 Å². The van der Waals surface area contributed by atoms with Gasteiger partial charge in [-0.3, -0.25) is 0 Å². The average molecular weight is 213 g/mol. The highest BCUT2D eigenvalue weighted by Gasteiger charge is 2.23. The molecule has 0 radical (unpaired) electrons. The lowest BCUT2D eigenvalue weighted by molar-refractivity contribution is 0.368. The lowest BCUT2D eigenvalue weighted by Crippen LogP contribution is -2.27. The fraction of sp³-hybridized carbons (Fsp3) is 0.455. The van der Waals surface area contributed by atoms with Crippen LogP contribution >= 0.6 is 0 Å². The molecule has 2 rings (SSSR count). The van der Waals surface area contributed by atoms with Crippen LogP contribution < -0.4 is 5.32 Å². The maximum absolute atomic E-state index is 13.5. The molecule has 1 atom stereocenters. The summed E-state index contributed by atoms with van der Waals surface area (Å²) in [6, 6.07) is 1.87. The Kier molecular flexibility index (Phi) is 2.86. The van der Waals surface area contributed by atoms with Crippen LogP contribution in [-0.4, -0.2) is 11.7 Å². The molecule has 2 N–H and O–H groups in total. The van der Waals surface area contributed by atoms with E-state index in [9.17, 15) is 13.9 Å². The number of aromatic hydroxyl groups is 1. The molecule has 4 heteroatoms. The molecule has 1 unspecified atom stereocenters. The molecule has 1 aromatic carbocycles. The van der Waals surface area contributed by atoms with Gasteiger partial charge in [0.05, 0.1) is 0 Å². The average Bonchev–Trinajstić information content (AvgIpc) is 2.26. The number of phenols is 1. The first-order valence-electron chi connectivity index (χ1n) is 5.10. The summed E-state index contributed by atoms with van der Waals surface area (Å²) in [5.41, 5.74) is 0.0645. The van der Waals surface area contributed by atoms with Crippen LogP contribution in [0.3, 0.4) is 0 Å². The van der Waals surface area contributed by atoms with E-state index in [1.165, 1.54) is 6.07 Å². The van der Waals surface area contributed by atoms with Crippen molar-refractivity contribution in [3.63, 3.8) is 0 Å². The van der Waals surface area contributed by atoms with Crippen LogP contribution in [0.1, 0.15) is 30.9 Å². The summed E-state index contributed by atoms with van der Waals surface area (Å²) in [6.07, 6.45) is 2.73. The topological polar surface area (TPSA) is 32.3 Å². The summed E-state index contributed by atoms with van der Waals surface area (Å²) in [6.45, 7) is 0.778. The molecule has 0 spiro atoms. The molecule has 1 aromatic rings. The molecular weight excluding hydrogens is 200 g/mol. The first-order chi connectivity index (χ1) is 7.20. The van der Waals surface area contributed by atoms with E-state index in [-0.39, 0.29) is 17.4 Å². The van der Waals surface area contributed by atoms with Gasteiger partial charge < -0.3 is 10.4 Å². The van der Waals surface area contributed by atoms with Gasteiger partial charge in [-0.25, -0.2) is 8.78 Å². The number of piperidine rings is 1. The number of rotatable bonds is 1. The van der Waals surface area contributed by atoms with Gasteiger partial charge in [0.25, 0.3) is 0 Å². The van der Waals surface area contributed by atoms with E-state index in [0.717, 1.165) is 31.9 Å². The van der Waals surface area contributed by atoms with Gasteiger partial charge in [0.15, 0.2) is 11.6 Å². The molecule has 0 bridgehead atoms. The predicted molar refractivity (Wildman–Crippen MR) is 52.6 cm³/mol. The number of phenolic OH excluding ortho intramolecular Hbond substituents is 1. The molecule has 0 saturated carbocycles. The third kappa shape index (κ3) is 1.95. The van der Waals surface area contributed by atoms with Crippen LogP contribution in [0.4, 0.5) is 8.78 Å². The van der Waals surface area contributed by atoms with Crippen LogP contribution in [0.2, 0.25) is 0 Å². The fourth-order valence-electron chi connectivity index (χ4n) is 1.99. The summed E-state index contributed by atoms with van der Waals surface area (Å²) < 4.78 is 26.5. The van der Waals surface area contributed by atoms with Crippen molar-refractivity contribution in [2.75, 3.05) is 6.54 Å². The highest BCUT2D eigenvalue weighted by atomic mass is 19.2. The lowest BCUT2D eigenvalue weighted by Gasteiger charge is -2.24. The number of benzene rings is 1. The molecule has 0 aromatic heterocycles. The number of halogens is 2. The van der Waals surface area contributed by atoms with Crippen molar-refractivity contribution >= 4 is 0 Å². The highest BCUT2D eigenvalue weighted by Crippen LogP contribution is 2.32. The highest BCUT2D eigenvalue weighted by molar-refractivity contribution is 5.36. The molecule has 1 aliphatic rings. The predicted octanol–water partition coefficient (Wildman–Crippen LogP) is 2.49. The quantitative estimate of drug-likeness (QED) is 0.751. The van der Waals surface area contributed by atoms with Crippen molar-refractivity contribution in [1.82, 2.24) is 5.32 Å². The van der Waals surface area contributed by atoms with Gasteiger partial charge in [0.2, 0.25) is 0 Å². The molecule has 0 aliphatic carbocycles. The summed E-state index contributed by atoms with van der Waals surface area (Å²) in [4.78, 5) is 0. The minimum atomic E-state index is -0.936. The van der Waals surface area contributed by atoms with Crippen molar-refractivity contribution in [2.45, 2.75) is 25.3 Å². The molecule has 1 heterocycles. The van der Waals surface area contributed by atoms with E-state index >= 15 is 0 Å². The molecule has 2 nitrogen and oxygen atoms in total. The van der Waals surface area contributed by atoms with Gasteiger partial charge in [-0.1, -0.05) is 6.42 Å². The smallest absolute Gasteiger partial charge is 0.167 e. The minimum Gasteiger partial charge on any atom is -0.507 e. The Morgan fingerprint density at radius 3 is 2.73 bits per heavy atom. The third-order valence-electron chi connectivity index (χ3n) is 2.77. The molecule has 1 fully saturated rings. The summed E-state index contributed by atoms with van der Waals surface area (Å²) >= 11 is 0. The van der Waals surface area contributed by atoms with Crippen molar-refractivity contribution in [2.24, 2.45) is 0 Å². The lowest BCUT2D eigenvalue weighted by atomic mass is 9.96. The Balaban J connectivity index is 2.36. The van der Waals surface area contributed by atoms with Crippen molar-refractivity contribution in [3.8, 4) is 5.75 Å². The van der Waals surface area contributed by atoms with Crippen LogP contribution in [-0.2, 0) is 0 Å². The van der Waals surface area contributed by atoms with Crippen LogP contribution in [0.5, 0.6) is 5.75 Å². The largest absolute Gasteiger partial charge is 0.507 e. The normalized spacial score (nSPS) is 21.6. The van der Waals surface area contributed by atoms with E-state index in [1.54, 1.807) is 0 Å². The molecule has 0 amide bonds. The van der Waals surface area contributed by atoms with Crippen molar-refractivity contribution < 1.29 is 13.9 Å². The maximum atomic E-state index is 13.5. The molecular formula is C11H13F2NO. The Bertz CT molecular complexity index is 362. The monoisotopic (exact) mass is 213 g/mol. The number of hydrogen-bond acceptors (Lipinski definition) is 2. The van der Waals surface area contributed by atoms with Gasteiger partial charge in [-0.2, -0.15) is 0 Å². The van der Waals surface area contributed by atoms with E-state index in [1.807, 2.05) is 0 Å². The Labute approximate surface area is 86.9 Å². The zero-order valence-electron chi connectivity index (χ0n) is 8.26. The summed E-state index contributed by atoms with van der Waals surface area (Å²) in [7, 11) is 0. The molecule has 15 heavy (non-hydrogen) atoms. The van der Waals surface area contributed by atoms with Crippen LogP contribution in [0, 0.1) is 11.6 Å². The fourth-order valence-corrected chi connectivity index (χ4v) is 1.99. The van der Waals surface area contributed by atoms with Gasteiger partial charge in [-0.15, -0.1) is 0 Å². The Morgan fingerprint density at radius 1 is 1.27 bits per heavy atom. The molecule has 82 valence electrons. The van der Waals surface area contributed by atoms with E-state index in [2.05, 4.69) is 5.32 Å². The Hall–Kier alpha value is -1.16. The third-order valence-corrected chi connectivity index (χ3v) is 2.77. The zero-order valence-corrected chi connectivity index (χ0v) is 8.26. The minimum absolute atomic E-state index is 0.0645. The van der Waals surface area contributed by atoms with Gasteiger partial charge in [0, 0.05) is 11.6 Å². The Morgan fingerprint density at radius 2 is 2.07 bits per heavy atom. The summed E-state index contributed by atoms with van der Waals surface area (Å²) in [5, 5.41) is 12.6. The van der Waals surface area contributed by atoms with Gasteiger partial charge in [0.1, 0.15) is 5.75 Å². The van der Waals surface area contributed by atoms with E-state index in [0.29, 0.717) is 0 Å². The number of hydrogen-bond donors (Lipinski definition) is 2. The maximum Gasteiger partial charge on any atom is 0.167 e. The zero-order chi connectivity index (χ0) is 10.8. The first kappa shape index (κ1) is 10.4. The van der Waals surface area contributed by atoms with Gasteiger partial charge >= 0.3 is 0 Å².